The Morgan fingerprint density at radius 2 is 1.77 bits per heavy atom. The fraction of sp³-hybridized carbons (Fsp3) is 0.727. The van der Waals surface area contributed by atoms with Crippen LogP contribution in [-0.2, 0) is 9.59 Å². The number of hydrogen-bond donors (Lipinski definition) is 0. The highest BCUT2D eigenvalue weighted by Crippen LogP contribution is 2.36. The largest absolute Gasteiger partial charge is 0.299 e. The molecule has 0 heterocycles. The van der Waals surface area contributed by atoms with Gasteiger partial charge in [-0.3, -0.25) is 9.59 Å². The fourth-order valence-electron chi connectivity index (χ4n) is 2.46. The van der Waals surface area contributed by atoms with Crippen LogP contribution in [0.5, 0.6) is 0 Å². The zero-order valence-corrected chi connectivity index (χ0v) is 7.84. The summed E-state index contributed by atoms with van der Waals surface area (Å²) >= 11 is 0. The minimum absolute atomic E-state index is 0.0174. The second kappa shape index (κ2) is 3.60. The van der Waals surface area contributed by atoms with Crippen molar-refractivity contribution in [3.05, 3.63) is 5.92 Å². The van der Waals surface area contributed by atoms with Gasteiger partial charge in [0, 0.05) is 18.8 Å². The third-order valence-electron chi connectivity index (χ3n) is 3.18. The lowest BCUT2D eigenvalue weighted by Gasteiger charge is -2.24. The van der Waals surface area contributed by atoms with Crippen LogP contribution in [0.1, 0.15) is 44.9 Å². The molecule has 2 aliphatic carbocycles. The first-order valence-electron chi connectivity index (χ1n) is 5.20. The Morgan fingerprint density at radius 3 is 2.38 bits per heavy atom. The molecule has 2 aliphatic rings. The molecule has 0 spiro atoms. The van der Waals surface area contributed by atoms with Crippen LogP contribution < -0.4 is 0 Å². The lowest BCUT2D eigenvalue weighted by atomic mass is 9.78. The van der Waals surface area contributed by atoms with Gasteiger partial charge in [-0.25, -0.2) is 0 Å². The van der Waals surface area contributed by atoms with Gasteiger partial charge in [-0.15, -0.1) is 0 Å². The van der Waals surface area contributed by atoms with Crippen molar-refractivity contribution in [2.45, 2.75) is 44.9 Å². The van der Waals surface area contributed by atoms with Crippen LogP contribution in [0, 0.1) is 11.8 Å². The van der Waals surface area contributed by atoms with Crippen LogP contribution in [0.2, 0.25) is 0 Å². The highest BCUT2D eigenvalue weighted by Gasteiger charge is 2.37. The van der Waals surface area contributed by atoms with Gasteiger partial charge in [0.05, 0.1) is 5.92 Å². The average Bonchev–Trinajstić information content (AvgIpc) is 2.52. The molecule has 0 saturated heterocycles. The van der Waals surface area contributed by atoms with Crippen molar-refractivity contribution in [3.8, 4) is 0 Å². The van der Waals surface area contributed by atoms with Gasteiger partial charge in [0.2, 0.25) is 0 Å². The van der Waals surface area contributed by atoms with Crippen LogP contribution in [-0.4, -0.2) is 11.6 Å². The lowest BCUT2D eigenvalue weighted by molar-refractivity contribution is -0.127. The minimum Gasteiger partial charge on any atom is -0.299 e. The maximum atomic E-state index is 11.6. The van der Waals surface area contributed by atoms with E-state index in [1.54, 1.807) is 0 Å². The molecular formula is C11H15O2. The third-order valence-corrected chi connectivity index (χ3v) is 3.18. The molecule has 2 rings (SSSR count). The topological polar surface area (TPSA) is 34.1 Å². The molecule has 2 heteroatoms. The SMILES string of the molecule is O=C1CCC[C]1C1CCCCC1=O. The normalized spacial score (nSPS) is 31.2. The van der Waals surface area contributed by atoms with E-state index in [4.69, 9.17) is 0 Å². The van der Waals surface area contributed by atoms with Gasteiger partial charge in [-0.1, -0.05) is 6.42 Å². The highest BCUT2D eigenvalue weighted by molar-refractivity contribution is 6.00. The quantitative estimate of drug-likeness (QED) is 0.617. The van der Waals surface area contributed by atoms with Gasteiger partial charge in [-0.05, 0) is 25.7 Å². The molecule has 0 aromatic heterocycles. The molecule has 0 aromatic rings. The van der Waals surface area contributed by atoms with E-state index in [-0.39, 0.29) is 11.7 Å². The molecule has 1 radical (unpaired) electrons. The molecule has 1 unspecified atom stereocenters. The van der Waals surface area contributed by atoms with Crippen LogP contribution in [0.3, 0.4) is 0 Å². The summed E-state index contributed by atoms with van der Waals surface area (Å²) in [4.78, 5) is 23.0. The monoisotopic (exact) mass is 179 g/mol. The summed E-state index contributed by atoms with van der Waals surface area (Å²) in [7, 11) is 0. The van der Waals surface area contributed by atoms with Gasteiger partial charge >= 0.3 is 0 Å². The van der Waals surface area contributed by atoms with Crippen LogP contribution in [0.4, 0.5) is 0 Å². The summed E-state index contributed by atoms with van der Waals surface area (Å²) in [6.07, 6.45) is 6.30. The van der Waals surface area contributed by atoms with Gasteiger partial charge < -0.3 is 0 Å². The summed E-state index contributed by atoms with van der Waals surface area (Å²) in [6, 6.07) is 0. The van der Waals surface area contributed by atoms with Crippen molar-refractivity contribution in [2.24, 2.45) is 5.92 Å². The van der Waals surface area contributed by atoms with Gasteiger partial charge in [0.1, 0.15) is 11.6 Å². The van der Waals surface area contributed by atoms with Crippen LogP contribution >= 0.6 is 0 Å². The summed E-state index contributed by atoms with van der Waals surface area (Å²) in [6.45, 7) is 0. The minimum atomic E-state index is 0.0174. The Kier molecular flexibility index (Phi) is 2.47. The molecule has 0 aromatic carbocycles. The summed E-state index contributed by atoms with van der Waals surface area (Å²) in [5.74, 6) is 1.55. The van der Waals surface area contributed by atoms with Crippen LogP contribution in [0.25, 0.3) is 0 Å². The molecule has 0 amide bonds. The number of Topliss-reactive ketones (excluding diaryl/α,β-unsaturated/α-hetero) is 2. The lowest BCUT2D eigenvalue weighted by Crippen LogP contribution is -2.27. The molecule has 0 bridgehead atoms. The molecule has 71 valence electrons. The predicted molar refractivity (Wildman–Crippen MR) is 49.1 cm³/mol. The van der Waals surface area contributed by atoms with E-state index in [9.17, 15) is 9.59 Å². The number of carbonyl (C=O) groups is 2. The third kappa shape index (κ3) is 1.67. The van der Waals surface area contributed by atoms with Crippen molar-refractivity contribution in [1.29, 1.82) is 0 Å². The first kappa shape index (κ1) is 8.92. The van der Waals surface area contributed by atoms with E-state index in [0.717, 1.165) is 38.0 Å². The molecule has 0 N–H and O–H groups in total. The van der Waals surface area contributed by atoms with Crippen molar-refractivity contribution in [1.82, 2.24) is 0 Å². The molecule has 1 atom stereocenters. The number of ketones is 2. The van der Waals surface area contributed by atoms with E-state index in [1.807, 2.05) is 0 Å². The summed E-state index contributed by atoms with van der Waals surface area (Å²) in [5, 5.41) is 0. The number of rotatable bonds is 1. The van der Waals surface area contributed by atoms with Crippen molar-refractivity contribution < 1.29 is 9.59 Å². The fourth-order valence-corrected chi connectivity index (χ4v) is 2.46. The zero-order valence-electron chi connectivity index (χ0n) is 7.84. The first-order chi connectivity index (χ1) is 6.29. The average molecular weight is 179 g/mol. The maximum absolute atomic E-state index is 11.6. The Morgan fingerprint density at radius 1 is 0.923 bits per heavy atom. The first-order valence-corrected chi connectivity index (χ1v) is 5.20. The van der Waals surface area contributed by atoms with Gasteiger partial charge in [-0.2, -0.15) is 0 Å². The smallest absolute Gasteiger partial charge is 0.140 e. The highest BCUT2D eigenvalue weighted by atomic mass is 16.1. The number of hydrogen-bond acceptors (Lipinski definition) is 2. The van der Waals surface area contributed by atoms with E-state index in [0.29, 0.717) is 18.6 Å². The Balaban J connectivity index is 2.05. The Labute approximate surface area is 78.7 Å². The maximum Gasteiger partial charge on any atom is 0.140 e. The second-order valence-corrected chi connectivity index (χ2v) is 4.07. The molecule has 2 fully saturated rings. The Hall–Kier alpha value is -0.660. The van der Waals surface area contributed by atoms with Gasteiger partial charge in [0.25, 0.3) is 0 Å². The predicted octanol–water partition coefficient (Wildman–Crippen LogP) is 2.07. The zero-order chi connectivity index (χ0) is 9.26. The molecule has 0 aliphatic heterocycles. The van der Waals surface area contributed by atoms with E-state index in [2.05, 4.69) is 0 Å². The molecular weight excluding hydrogens is 164 g/mol. The van der Waals surface area contributed by atoms with E-state index in [1.165, 1.54) is 0 Å². The van der Waals surface area contributed by atoms with E-state index < -0.39 is 0 Å². The molecule has 13 heavy (non-hydrogen) atoms. The van der Waals surface area contributed by atoms with Crippen molar-refractivity contribution in [3.63, 3.8) is 0 Å². The summed E-state index contributed by atoms with van der Waals surface area (Å²) < 4.78 is 0. The van der Waals surface area contributed by atoms with E-state index >= 15 is 0 Å². The number of carbonyl (C=O) groups excluding carboxylic acids is 2. The molecule has 2 saturated carbocycles. The van der Waals surface area contributed by atoms with Crippen LogP contribution in [0.15, 0.2) is 0 Å². The summed E-state index contributed by atoms with van der Waals surface area (Å²) in [5.41, 5.74) is 0. The van der Waals surface area contributed by atoms with Crippen molar-refractivity contribution >= 4 is 11.6 Å². The standard InChI is InChI=1S/C11H15O2/c12-10-6-2-1-4-8(10)9-5-3-7-11(9)13/h8H,1-7H2. The second-order valence-electron chi connectivity index (χ2n) is 4.07. The Bertz CT molecular complexity index is 232. The van der Waals surface area contributed by atoms with Gasteiger partial charge in [0.15, 0.2) is 0 Å². The molecule has 2 nitrogen and oxygen atoms in total. The van der Waals surface area contributed by atoms with Crippen molar-refractivity contribution in [2.75, 3.05) is 0 Å².